The number of carbonyl (C=O) groups excluding carboxylic acids is 1. The minimum absolute atomic E-state index is 0.0779. The molecular formula is C14H17ClN2O4. The van der Waals surface area contributed by atoms with E-state index in [2.05, 4.69) is 5.32 Å². The van der Waals surface area contributed by atoms with Crippen molar-refractivity contribution in [2.45, 2.75) is 25.5 Å². The number of urea groups is 1. The Labute approximate surface area is 127 Å². The molecule has 1 heterocycles. The number of nitrogens with one attached hydrogen (secondary N) is 1. The van der Waals surface area contributed by atoms with Crippen LogP contribution in [0.15, 0.2) is 24.3 Å². The summed E-state index contributed by atoms with van der Waals surface area (Å²) in [5.41, 5.74) is 0.478. The smallest absolute Gasteiger partial charge is 0.323 e. The molecule has 1 aromatic rings. The quantitative estimate of drug-likeness (QED) is 0.892. The summed E-state index contributed by atoms with van der Waals surface area (Å²) in [4.78, 5) is 24.5. The van der Waals surface area contributed by atoms with Crippen molar-refractivity contribution < 1.29 is 19.4 Å². The second-order valence-electron chi connectivity index (χ2n) is 4.88. The number of ether oxygens (including phenoxy) is 1. The Morgan fingerprint density at radius 3 is 2.62 bits per heavy atom. The number of amides is 2. The number of halogens is 1. The van der Waals surface area contributed by atoms with Crippen LogP contribution in [0.4, 0.5) is 10.5 Å². The van der Waals surface area contributed by atoms with Crippen LogP contribution in [-0.2, 0) is 9.53 Å². The van der Waals surface area contributed by atoms with E-state index in [9.17, 15) is 9.59 Å². The fourth-order valence-corrected chi connectivity index (χ4v) is 2.32. The van der Waals surface area contributed by atoms with Crippen molar-refractivity contribution in [3.05, 3.63) is 29.3 Å². The van der Waals surface area contributed by atoms with Gasteiger partial charge in [0, 0.05) is 17.3 Å². The van der Waals surface area contributed by atoms with Gasteiger partial charge in [0.25, 0.3) is 0 Å². The topological polar surface area (TPSA) is 78.9 Å². The van der Waals surface area contributed by atoms with Crippen LogP contribution in [0.1, 0.15) is 13.3 Å². The summed E-state index contributed by atoms with van der Waals surface area (Å²) >= 11 is 5.81. The Hall–Kier alpha value is -1.79. The van der Waals surface area contributed by atoms with Gasteiger partial charge in [0.05, 0.1) is 12.1 Å². The first-order valence-corrected chi connectivity index (χ1v) is 7.02. The number of carboxylic acids is 1. The summed E-state index contributed by atoms with van der Waals surface area (Å²) in [5.74, 6) is -1.09. The Balaban J connectivity index is 2.13. The minimum Gasteiger partial charge on any atom is -0.480 e. The van der Waals surface area contributed by atoms with E-state index in [0.717, 1.165) is 0 Å². The molecule has 0 aliphatic carbocycles. The summed E-state index contributed by atoms with van der Waals surface area (Å²) in [6.07, 6.45) is 0.639. The summed E-state index contributed by atoms with van der Waals surface area (Å²) in [6.45, 7) is 2.04. The summed E-state index contributed by atoms with van der Waals surface area (Å²) in [6, 6.07) is 5.88. The van der Waals surface area contributed by atoms with Gasteiger partial charge in [-0.3, -0.25) is 9.69 Å². The van der Waals surface area contributed by atoms with Crippen molar-refractivity contribution in [3.8, 4) is 0 Å². The van der Waals surface area contributed by atoms with Crippen LogP contribution in [0.25, 0.3) is 0 Å². The van der Waals surface area contributed by atoms with E-state index in [1.54, 1.807) is 24.3 Å². The zero-order valence-corrected chi connectivity index (χ0v) is 12.3. The van der Waals surface area contributed by atoms with Crippen molar-refractivity contribution >= 4 is 29.3 Å². The third-order valence-corrected chi connectivity index (χ3v) is 3.61. The fourth-order valence-electron chi connectivity index (χ4n) is 2.19. The maximum Gasteiger partial charge on any atom is 0.323 e. The van der Waals surface area contributed by atoms with Crippen LogP contribution < -0.4 is 10.2 Å². The highest BCUT2D eigenvalue weighted by molar-refractivity contribution is 6.30. The van der Waals surface area contributed by atoms with Crippen LogP contribution in [-0.4, -0.2) is 42.4 Å². The van der Waals surface area contributed by atoms with Gasteiger partial charge in [0.2, 0.25) is 0 Å². The van der Waals surface area contributed by atoms with E-state index in [-0.39, 0.29) is 12.1 Å². The maximum absolute atomic E-state index is 12.3. The van der Waals surface area contributed by atoms with E-state index in [1.165, 1.54) is 4.90 Å². The molecule has 1 aliphatic heterocycles. The molecule has 21 heavy (non-hydrogen) atoms. The summed E-state index contributed by atoms with van der Waals surface area (Å²) in [5, 5.41) is 12.3. The van der Waals surface area contributed by atoms with Gasteiger partial charge in [-0.2, -0.15) is 0 Å². The van der Waals surface area contributed by atoms with Crippen molar-refractivity contribution in [2.75, 3.05) is 18.1 Å². The molecule has 2 rings (SSSR count). The molecule has 1 fully saturated rings. The molecule has 0 saturated carbocycles. The van der Waals surface area contributed by atoms with E-state index in [0.29, 0.717) is 23.7 Å². The molecule has 2 amide bonds. The first kappa shape index (κ1) is 15.6. The molecular weight excluding hydrogens is 296 g/mol. The van der Waals surface area contributed by atoms with Gasteiger partial charge < -0.3 is 15.2 Å². The largest absolute Gasteiger partial charge is 0.480 e. The Morgan fingerprint density at radius 2 is 2.10 bits per heavy atom. The van der Waals surface area contributed by atoms with Gasteiger partial charge in [-0.25, -0.2) is 4.79 Å². The van der Waals surface area contributed by atoms with Crippen LogP contribution in [0.3, 0.4) is 0 Å². The molecule has 0 radical (unpaired) electrons. The Kier molecular flexibility index (Phi) is 5.03. The van der Waals surface area contributed by atoms with Gasteiger partial charge in [-0.05, 0) is 37.6 Å². The molecule has 6 nitrogen and oxygen atoms in total. The third-order valence-electron chi connectivity index (χ3n) is 3.36. The SMILES string of the molecule is CC1OCCC1NC(=O)N(CC(=O)O)c1ccc(Cl)cc1. The van der Waals surface area contributed by atoms with E-state index < -0.39 is 18.5 Å². The number of benzene rings is 1. The molecule has 1 saturated heterocycles. The lowest BCUT2D eigenvalue weighted by molar-refractivity contribution is -0.135. The Morgan fingerprint density at radius 1 is 1.43 bits per heavy atom. The molecule has 2 atom stereocenters. The second kappa shape index (κ2) is 6.78. The molecule has 2 unspecified atom stereocenters. The molecule has 1 aliphatic rings. The number of nitrogens with zero attached hydrogens (tertiary/aromatic N) is 1. The predicted octanol–water partition coefficient (Wildman–Crippen LogP) is 2.12. The summed E-state index contributed by atoms with van der Waals surface area (Å²) < 4.78 is 5.38. The van der Waals surface area contributed by atoms with Gasteiger partial charge in [-0.1, -0.05) is 11.6 Å². The van der Waals surface area contributed by atoms with E-state index in [4.69, 9.17) is 21.4 Å². The standard InChI is InChI=1S/C14H17ClN2O4/c1-9-12(6-7-21-9)16-14(20)17(8-13(18)19)11-4-2-10(15)3-5-11/h2-5,9,12H,6-8H2,1H3,(H,16,20)(H,18,19). The number of carbonyl (C=O) groups is 2. The highest BCUT2D eigenvalue weighted by Crippen LogP contribution is 2.19. The van der Waals surface area contributed by atoms with Crippen LogP contribution >= 0.6 is 11.6 Å². The first-order chi connectivity index (χ1) is 9.97. The molecule has 7 heteroatoms. The van der Waals surface area contributed by atoms with Gasteiger partial charge in [0.15, 0.2) is 0 Å². The van der Waals surface area contributed by atoms with Gasteiger partial charge >= 0.3 is 12.0 Å². The lowest BCUT2D eigenvalue weighted by Gasteiger charge is -2.24. The van der Waals surface area contributed by atoms with Crippen molar-refractivity contribution in [1.29, 1.82) is 0 Å². The molecule has 0 spiro atoms. The maximum atomic E-state index is 12.3. The van der Waals surface area contributed by atoms with E-state index >= 15 is 0 Å². The first-order valence-electron chi connectivity index (χ1n) is 6.64. The number of carboxylic acid groups (broad SMARTS) is 1. The highest BCUT2D eigenvalue weighted by Gasteiger charge is 2.28. The number of hydrogen-bond acceptors (Lipinski definition) is 3. The predicted molar refractivity (Wildman–Crippen MR) is 78.8 cm³/mol. The monoisotopic (exact) mass is 312 g/mol. The van der Waals surface area contributed by atoms with Crippen LogP contribution in [0, 0.1) is 0 Å². The van der Waals surface area contributed by atoms with E-state index in [1.807, 2.05) is 6.92 Å². The highest BCUT2D eigenvalue weighted by atomic mass is 35.5. The number of aliphatic carboxylic acids is 1. The summed E-state index contributed by atoms with van der Waals surface area (Å²) in [7, 11) is 0. The zero-order chi connectivity index (χ0) is 15.4. The zero-order valence-electron chi connectivity index (χ0n) is 11.6. The van der Waals surface area contributed by atoms with Gasteiger partial charge in [0.1, 0.15) is 6.54 Å². The van der Waals surface area contributed by atoms with Gasteiger partial charge in [-0.15, -0.1) is 0 Å². The lowest BCUT2D eigenvalue weighted by Crippen LogP contribution is -2.48. The molecule has 1 aromatic carbocycles. The minimum atomic E-state index is -1.09. The second-order valence-corrected chi connectivity index (χ2v) is 5.31. The lowest BCUT2D eigenvalue weighted by atomic mass is 10.1. The number of hydrogen-bond donors (Lipinski definition) is 2. The number of rotatable bonds is 4. The van der Waals surface area contributed by atoms with Crippen LogP contribution in [0.5, 0.6) is 0 Å². The molecule has 2 N–H and O–H groups in total. The fraction of sp³-hybridized carbons (Fsp3) is 0.429. The van der Waals surface area contributed by atoms with Crippen molar-refractivity contribution in [1.82, 2.24) is 5.32 Å². The third kappa shape index (κ3) is 4.09. The average molecular weight is 313 g/mol. The van der Waals surface area contributed by atoms with Crippen molar-refractivity contribution in [3.63, 3.8) is 0 Å². The van der Waals surface area contributed by atoms with Crippen LogP contribution in [0.2, 0.25) is 5.02 Å². The molecule has 114 valence electrons. The Bertz CT molecular complexity index is 520. The normalized spacial score (nSPS) is 21.0. The number of anilines is 1. The van der Waals surface area contributed by atoms with Crippen molar-refractivity contribution in [2.24, 2.45) is 0 Å². The molecule has 0 aromatic heterocycles. The average Bonchev–Trinajstić information content (AvgIpc) is 2.82. The molecule has 0 bridgehead atoms.